The second-order valence-electron chi connectivity index (χ2n) is 6.97. The molecule has 3 N–H and O–H groups in total. The van der Waals surface area contributed by atoms with Gasteiger partial charge in [0.2, 0.25) is 0 Å². The lowest BCUT2D eigenvalue weighted by Gasteiger charge is -2.08. The van der Waals surface area contributed by atoms with E-state index in [1.54, 1.807) is 25.3 Å². The monoisotopic (exact) mass is 499 g/mol. The van der Waals surface area contributed by atoms with Gasteiger partial charge in [0, 0.05) is 29.0 Å². The van der Waals surface area contributed by atoms with E-state index in [4.69, 9.17) is 5.73 Å². The van der Waals surface area contributed by atoms with Gasteiger partial charge in [-0.05, 0) is 36.2 Å². The second-order valence-corrected chi connectivity index (χ2v) is 8.92. The maximum atomic E-state index is 13.0. The lowest BCUT2D eigenvalue weighted by Crippen LogP contribution is -2.38. The Hall–Kier alpha value is -3.24. The Balaban J connectivity index is 1.65. The minimum absolute atomic E-state index is 0.141. The molecule has 0 saturated heterocycles. The fourth-order valence-electron chi connectivity index (χ4n) is 3.14. The molecular weight excluding hydrogens is 482 g/mol. The molecule has 158 valence electrons. The molecule has 3 aromatic heterocycles. The van der Waals surface area contributed by atoms with E-state index in [0.717, 1.165) is 26.9 Å². The van der Waals surface area contributed by atoms with Gasteiger partial charge in [-0.3, -0.25) is 18.6 Å². The molecule has 0 saturated carbocycles. The van der Waals surface area contributed by atoms with E-state index in [1.165, 1.54) is 15.2 Å². The molecule has 31 heavy (non-hydrogen) atoms. The molecule has 0 aliphatic carbocycles. The van der Waals surface area contributed by atoms with Crippen LogP contribution in [0.1, 0.15) is 26.4 Å². The van der Waals surface area contributed by atoms with Gasteiger partial charge >= 0.3 is 5.69 Å². The number of pyridine rings is 1. The number of thiazole rings is 1. The summed E-state index contributed by atoms with van der Waals surface area (Å²) in [6.45, 7) is 2.07. The summed E-state index contributed by atoms with van der Waals surface area (Å²) in [5, 5.41) is 2.80. The zero-order valence-corrected chi connectivity index (χ0v) is 18.9. The van der Waals surface area contributed by atoms with Crippen LogP contribution in [0.5, 0.6) is 0 Å². The van der Waals surface area contributed by atoms with Crippen LogP contribution >= 0.6 is 27.3 Å². The van der Waals surface area contributed by atoms with E-state index in [9.17, 15) is 14.4 Å². The Bertz CT molecular complexity index is 1410. The maximum Gasteiger partial charge on any atom is 0.336 e. The van der Waals surface area contributed by atoms with Crippen molar-refractivity contribution in [2.75, 3.05) is 5.73 Å². The minimum Gasteiger partial charge on any atom is -0.384 e. The minimum atomic E-state index is -0.483. The third-order valence-electron chi connectivity index (χ3n) is 4.75. The summed E-state index contributed by atoms with van der Waals surface area (Å²) in [6.07, 6.45) is 3.06. The van der Waals surface area contributed by atoms with Crippen molar-refractivity contribution in [1.82, 2.24) is 19.3 Å². The molecule has 0 spiro atoms. The van der Waals surface area contributed by atoms with Crippen molar-refractivity contribution in [1.29, 1.82) is 0 Å². The van der Waals surface area contributed by atoms with E-state index in [2.05, 4.69) is 26.2 Å². The zero-order chi connectivity index (χ0) is 22.1. The fraction of sp³-hybridized carbons (Fsp3) is 0.143. The number of benzene rings is 1. The van der Waals surface area contributed by atoms with Crippen molar-refractivity contribution < 1.29 is 4.79 Å². The number of rotatable bonds is 5. The molecule has 1 aromatic carbocycles. The Labute approximate surface area is 189 Å². The first-order valence-corrected chi connectivity index (χ1v) is 10.9. The van der Waals surface area contributed by atoms with Gasteiger partial charge in [-0.1, -0.05) is 34.1 Å². The number of carbonyl (C=O) groups excluding carboxylic acids is 1. The number of amides is 1. The summed E-state index contributed by atoms with van der Waals surface area (Å²) in [7, 11) is 0. The molecule has 0 unspecified atom stereocenters. The van der Waals surface area contributed by atoms with Crippen molar-refractivity contribution in [2.45, 2.75) is 20.0 Å². The van der Waals surface area contributed by atoms with Gasteiger partial charge in [-0.25, -0.2) is 9.78 Å². The van der Waals surface area contributed by atoms with Crippen LogP contribution in [0.3, 0.4) is 0 Å². The van der Waals surface area contributed by atoms with E-state index >= 15 is 0 Å². The maximum absolute atomic E-state index is 13.0. The number of anilines is 1. The quantitative estimate of drug-likeness (QED) is 0.438. The molecule has 4 aromatic rings. The van der Waals surface area contributed by atoms with Crippen LogP contribution < -0.4 is 22.3 Å². The average molecular weight is 500 g/mol. The smallest absolute Gasteiger partial charge is 0.336 e. The molecule has 0 bridgehead atoms. The molecule has 0 fully saturated rings. The number of fused-ring (bicyclic) bond motifs is 1. The Morgan fingerprint density at radius 1 is 1.23 bits per heavy atom. The van der Waals surface area contributed by atoms with Gasteiger partial charge in [0.05, 0.1) is 6.54 Å². The molecule has 1 amide bonds. The predicted octanol–water partition coefficient (Wildman–Crippen LogP) is 2.55. The van der Waals surface area contributed by atoms with Gasteiger partial charge in [0.25, 0.3) is 11.5 Å². The lowest BCUT2D eigenvalue weighted by molar-refractivity contribution is 0.0954. The lowest BCUT2D eigenvalue weighted by atomic mass is 10.2. The molecule has 8 nitrogen and oxygen atoms in total. The number of nitrogens with zero attached hydrogens (tertiary/aromatic N) is 3. The van der Waals surface area contributed by atoms with Crippen LogP contribution in [0.4, 0.5) is 5.82 Å². The SMILES string of the molecule is Cc1c(=O)n(Cc2cccc(Br)c2)c(=O)n2cc(C(=O)NCc3ccc(N)nc3)sc12. The number of nitrogens with two attached hydrogens (primary N) is 1. The Morgan fingerprint density at radius 3 is 2.74 bits per heavy atom. The fourth-order valence-corrected chi connectivity index (χ4v) is 4.59. The van der Waals surface area contributed by atoms with E-state index in [-0.39, 0.29) is 24.6 Å². The normalized spacial score (nSPS) is 11.0. The zero-order valence-electron chi connectivity index (χ0n) is 16.5. The van der Waals surface area contributed by atoms with Crippen LogP contribution in [0.25, 0.3) is 4.83 Å². The first-order chi connectivity index (χ1) is 14.8. The summed E-state index contributed by atoms with van der Waals surface area (Å²) in [6, 6.07) is 10.9. The van der Waals surface area contributed by atoms with Crippen molar-refractivity contribution in [2.24, 2.45) is 0 Å². The molecule has 0 aliphatic rings. The number of aromatic nitrogens is 3. The number of aryl methyl sites for hydroxylation is 1. The topological polar surface area (TPSA) is 111 Å². The number of halogens is 1. The Kier molecular flexibility index (Phi) is 5.75. The number of carbonyl (C=O) groups is 1. The van der Waals surface area contributed by atoms with Gasteiger partial charge in [0.1, 0.15) is 15.5 Å². The molecular formula is C21H18BrN5O3S. The summed E-state index contributed by atoms with van der Waals surface area (Å²) < 4.78 is 3.40. The molecule has 0 radical (unpaired) electrons. The summed E-state index contributed by atoms with van der Waals surface area (Å²) in [4.78, 5) is 43.3. The molecule has 10 heteroatoms. The van der Waals surface area contributed by atoms with Crippen LogP contribution in [0.15, 0.2) is 62.9 Å². The first kappa shape index (κ1) is 21.0. The third-order valence-corrected chi connectivity index (χ3v) is 6.45. The Morgan fingerprint density at radius 2 is 2.03 bits per heavy atom. The van der Waals surface area contributed by atoms with Crippen molar-refractivity contribution in [3.8, 4) is 0 Å². The highest BCUT2D eigenvalue weighted by molar-refractivity contribution is 9.10. The number of hydrogen-bond donors (Lipinski definition) is 2. The van der Waals surface area contributed by atoms with E-state index in [1.807, 2.05) is 24.3 Å². The summed E-state index contributed by atoms with van der Waals surface area (Å²) in [5.74, 6) is 0.0642. The van der Waals surface area contributed by atoms with E-state index < -0.39 is 5.69 Å². The molecule has 0 atom stereocenters. The molecule has 0 aliphatic heterocycles. The average Bonchev–Trinajstić information content (AvgIpc) is 3.21. The van der Waals surface area contributed by atoms with Crippen LogP contribution in [-0.4, -0.2) is 19.9 Å². The largest absolute Gasteiger partial charge is 0.384 e. The van der Waals surface area contributed by atoms with Crippen molar-refractivity contribution >= 4 is 43.8 Å². The summed E-state index contributed by atoms with van der Waals surface area (Å²) in [5.41, 5.74) is 6.75. The first-order valence-electron chi connectivity index (χ1n) is 9.32. The van der Waals surface area contributed by atoms with Crippen LogP contribution in [-0.2, 0) is 13.1 Å². The van der Waals surface area contributed by atoms with Gasteiger partial charge in [-0.2, -0.15) is 0 Å². The van der Waals surface area contributed by atoms with Crippen LogP contribution in [0.2, 0.25) is 0 Å². The van der Waals surface area contributed by atoms with Crippen molar-refractivity contribution in [3.63, 3.8) is 0 Å². The number of hydrogen-bond acceptors (Lipinski definition) is 6. The second kappa shape index (κ2) is 8.48. The number of nitrogens with one attached hydrogen (secondary N) is 1. The molecule has 4 rings (SSSR count). The predicted molar refractivity (Wildman–Crippen MR) is 124 cm³/mol. The highest BCUT2D eigenvalue weighted by Gasteiger charge is 2.17. The standard InChI is InChI=1S/C21H18BrN5O3S/c1-12-19(29)26(10-13-3-2-4-15(22)7-13)21(30)27-11-16(31-20(12)27)18(28)25-9-14-5-6-17(23)24-8-14/h2-8,11H,9-10H2,1H3,(H2,23,24)(H,25,28). The molecule has 3 heterocycles. The highest BCUT2D eigenvalue weighted by Crippen LogP contribution is 2.19. The van der Waals surface area contributed by atoms with Crippen molar-refractivity contribution in [3.05, 3.63) is 95.7 Å². The summed E-state index contributed by atoms with van der Waals surface area (Å²) >= 11 is 4.51. The third kappa shape index (κ3) is 4.30. The van der Waals surface area contributed by atoms with E-state index in [0.29, 0.717) is 21.1 Å². The van der Waals surface area contributed by atoms with Gasteiger partial charge in [0.15, 0.2) is 0 Å². The van der Waals surface area contributed by atoms with Gasteiger partial charge < -0.3 is 11.1 Å². The highest BCUT2D eigenvalue weighted by atomic mass is 79.9. The number of nitrogen functional groups attached to an aromatic ring is 1. The van der Waals surface area contributed by atoms with Crippen LogP contribution in [0, 0.1) is 6.92 Å². The van der Waals surface area contributed by atoms with Gasteiger partial charge in [-0.15, -0.1) is 11.3 Å².